The Morgan fingerprint density at radius 1 is 0.667 bits per heavy atom. The van der Waals surface area contributed by atoms with Gasteiger partial charge >= 0.3 is 159 Å². The van der Waals surface area contributed by atoms with Crippen molar-refractivity contribution in [2.24, 2.45) is 10.8 Å². The number of allylic oxidation sites excluding steroid dienone is 8. The standard InChI is InChI=1S/2C10H15.C4H8O.HI.Sm/c2*1-7-6-10(4,5)9(3)8(7)2;1-2-4-5-3-1;;/h2*1-5H3;1-4H2;1H;/q;;;;+1/p-1. The average Bonchev–Trinajstić information content (AvgIpc) is 3.24. The van der Waals surface area contributed by atoms with E-state index in [4.69, 9.17) is 4.74 Å². The van der Waals surface area contributed by atoms with Crippen LogP contribution in [-0.2, 0) is 4.74 Å². The zero-order valence-electron chi connectivity index (χ0n) is 19.0. The van der Waals surface area contributed by atoms with Crippen LogP contribution in [0.25, 0.3) is 0 Å². The molecule has 0 aromatic heterocycles. The van der Waals surface area contributed by atoms with Crippen molar-refractivity contribution >= 4 is 14.3 Å². The second-order valence-electron chi connectivity index (χ2n) is 9.23. The molecule has 0 radical (unpaired) electrons. The van der Waals surface area contributed by atoms with Crippen molar-refractivity contribution in [1.82, 2.24) is 0 Å². The van der Waals surface area contributed by atoms with Gasteiger partial charge < -0.3 is 4.74 Å². The van der Waals surface area contributed by atoms with Crippen LogP contribution in [0, 0.1) is 39.7 Å². The van der Waals surface area contributed by atoms with Crippen molar-refractivity contribution in [2.75, 3.05) is 13.2 Å². The van der Waals surface area contributed by atoms with Crippen molar-refractivity contribution in [3.63, 3.8) is 0 Å². The number of rotatable bonds is 2. The van der Waals surface area contributed by atoms with Gasteiger partial charge in [0.25, 0.3) is 0 Å². The summed E-state index contributed by atoms with van der Waals surface area (Å²) in [5, 5.41) is 0. The van der Waals surface area contributed by atoms with Crippen LogP contribution in [0.1, 0.15) is 82.1 Å². The van der Waals surface area contributed by atoms with Crippen LogP contribution in [-0.4, -0.2) is 13.2 Å². The molecule has 153 valence electrons. The number of halogens is 1. The zero-order valence-corrected chi connectivity index (χ0v) is 23.8. The Morgan fingerprint density at radius 2 is 1.00 bits per heavy atom. The van der Waals surface area contributed by atoms with E-state index in [9.17, 15) is 0 Å². The quantitative estimate of drug-likeness (QED) is 0.284. The van der Waals surface area contributed by atoms with Crippen LogP contribution in [0.4, 0.5) is 0 Å². The van der Waals surface area contributed by atoms with E-state index < -0.39 is 28.8 Å². The van der Waals surface area contributed by atoms with E-state index in [0.29, 0.717) is 0 Å². The van der Waals surface area contributed by atoms with E-state index in [1.165, 1.54) is 12.8 Å². The summed E-state index contributed by atoms with van der Waals surface area (Å²) in [6.45, 7) is 25.8. The first-order valence-corrected chi connectivity index (χ1v) is 20.3. The molecule has 1 fully saturated rings. The van der Waals surface area contributed by atoms with Crippen LogP contribution in [0.2, 0.25) is 0 Å². The Balaban J connectivity index is 0.000000451. The van der Waals surface area contributed by atoms with Crippen LogP contribution >= 0.6 is 14.3 Å². The summed E-state index contributed by atoms with van der Waals surface area (Å²) >= 11 is 1.05. The Morgan fingerprint density at radius 3 is 1.19 bits per heavy atom. The van der Waals surface area contributed by atoms with Gasteiger partial charge in [-0.05, 0) is 12.8 Å². The molecule has 0 N–H and O–H groups in total. The summed E-state index contributed by atoms with van der Waals surface area (Å²) in [5.74, 6) is 0. The normalized spacial score (nSPS) is 24.4. The van der Waals surface area contributed by atoms with Crippen LogP contribution in [0.15, 0.2) is 36.0 Å². The molecule has 0 bridgehead atoms. The Kier molecular flexibility index (Phi) is 8.09. The molecule has 1 nitrogen and oxygen atoms in total. The van der Waals surface area contributed by atoms with E-state index in [-0.39, 0.29) is 10.8 Å². The second kappa shape index (κ2) is 9.01. The summed E-state index contributed by atoms with van der Waals surface area (Å²) in [7, 11) is 0. The molecular weight excluding hydrogens is 582 g/mol. The van der Waals surface area contributed by atoms with Gasteiger partial charge in [-0.2, -0.15) is 0 Å². The van der Waals surface area contributed by atoms with E-state index in [1.54, 1.807) is 33.4 Å². The van der Waals surface area contributed by atoms with Crippen molar-refractivity contribution in [3.05, 3.63) is 36.0 Å². The summed E-state index contributed by atoms with van der Waals surface area (Å²) in [4.78, 5) is 0. The van der Waals surface area contributed by atoms with Crippen molar-refractivity contribution in [2.45, 2.75) is 82.1 Å². The summed E-state index contributed by atoms with van der Waals surface area (Å²) in [6, 6.07) is 0. The molecular formula is C24H38IOSm. The third kappa shape index (κ3) is 4.39. The van der Waals surface area contributed by atoms with Crippen LogP contribution in [0.5, 0.6) is 0 Å². The molecule has 1 aliphatic heterocycles. The Labute approximate surface area is 187 Å². The second-order valence-corrected chi connectivity index (χ2v) is 20.0. The number of hydrogen-bond acceptors (Lipinski definition) is 1. The molecule has 0 amide bonds. The number of hydrogen-bond donors (Lipinski definition) is 0. The Bertz CT molecular complexity index is 677. The fraction of sp³-hybridized carbons (Fsp3) is 0.667. The third-order valence-corrected chi connectivity index (χ3v) is 21.2. The zero-order chi connectivity index (χ0) is 20.7. The predicted molar refractivity (Wildman–Crippen MR) is 124 cm³/mol. The molecule has 3 aliphatic rings. The first-order valence-electron chi connectivity index (χ1n) is 10.1. The van der Waals surface area contributed by atoms with Gasteiger partial charge in [0, 0.05) is 13.2 Å². The van der Waals surface area contributed by atoms with E-state index in [2.05, 4.69) is 83.5 Å². The van der Waals surface area contributed by atoms with E-state index >= 15 is 0 Å². The fourth-order valence-electron chi connectivity index (χ4n) is 4.45. The summed E-state index contributed by atoms with van der Waals surface area (Å²) < 4.78 is 8.57. The molecule has 0 aromatic rings. The summed E-state index contributed by atoms with van der Waals surface area (Å²) in [5.41, 5.74) is 9.99. The molecule has 0 saturated carbocycles. The molecule has 3 heteroatoms. The first kappa shape index (κ1) is 24.3. The number of ether oxygens (including phenoxy) is 1. The molecule has 2 aliphatic carbocycles. The topological polar surface area (TPSA) is 9.23 Å². The van der Waals surface area contributed by atoms with Crippen LogP contribution < -0.4 is 0 Å². The van der Waals surface area contributed by atoms with E-state index in [0.717, 1.165) is 13.2 Å². The van der Waals surface area contributed by atoms with Crippen LogP contribution in [0.3, 0.4) is 0 Å². The first-order chi connectivity index (χ1) is 12.4. The van der Waals surface area contributed by atoms with Gasteiger partial charge in [-0.15, -0.1) is 0 Å². The molecule has 1 saturated heterocycles. The molecule has 3 rings (SSSR count). The van der Waals surface area contributed by atoms with Gasteiger partial charge in [-0.1, -0.05) is 0 Å². The van der Waals surface area contributed by atoms with Gasteiger partial charge in [0.1, 0.15) is 0 Å². The monoisotopic (exact) mass is 621 g/mol. The van der Waals surface area contributed by atoms with Crippen molar-refractivity contribution < 1.29 is 33.6 Å². The SMILES string of the molecule is C1CCOC1.CC1=C(C)C(C)(C)[C]([Sm]([I])[C]2=C(C)C(C)=C(C)C2(C)C)=C1C. The van der Waals surface area contributed by atoms with E-state index in [1.807, 2.05) is 2.58 Å². The average molecular weight is 620 g/mol. The predicted octanol–water partition coefficient (Wildman–Crippen LogP) is 8.05. The minimum absolute atomic E-state index is 0.261. The van der Waals surface area contributed by atoms with Crippen molar-refractivity contribution in [1.29, 1.82) is 0 Å². The fourth-order valence-corrected chi connectivity index (χ4v) is 24.7. The minimum atomic E-state index is -1.84. The van der Waals surface area contributed by atoms with Gasteiger partial charge in [0.05, 0.1) is 0 Å². The van der Waals surface area contributed by atoms with Crippen molar-refractivity contribution in [3.8, 4) is 0 Å². The molecule has 0 spiro atoms. The molecule has 27 heavy (non-hydrogen) atoms. The maximum atomic E-state index is 4.94. The summed E-state index contributed by atoms with van der Waals surface area (Å²) in [6.07, 6.45) is 2.56. The molecule has 1 heterocycles. The molecule has 0 unspecified atom stereocenters. The third-order valence-electron chi connectivity index (χ3n) is 7.13. The molecule has 0 aromatic carbocycles. The van der Waals surface area contributed by atoms with Gasteiger partial charge in [0.15, 0.2) is 0 Å². The maximum absolute atomic E-state index is 4.94. The van der Waals surface area contributed by atoms with Gasteiger partial charge in [-0.3, -0.25) is 0 Å². The van der Waals surface area contributed by atoms with Gasteiger partial charge in [-0.25, -0.2) is 0 Å². The Hall–Kier alpha value is 0.988. The van der Waals surface area contributed by atoms with Gasteiger partial charge in [0.2, 0.25) is 0 Å². The molecule has 0 atom stereocenters.